The van der Waals surface area contributed by atoms with Crippen LogP contribution in [0.3, 0.4) is 0 Å². The van der Waals surface area contributed by atoms with E-state index in [0.717, 1.165) is 21.3 Å². The molecule has 1 aromatic heterocycles. The Morgan fingerprint density at radius 1 is 1.41 bits per heavy atom. The highest BCUT2D eigenvalue weighted by Crippen LogP contribution is 2.28. The molecule has 0 spiro atoms. The number of hydrogen-bond donors (Lipinski definition) is 1. The van der Waals surface area contributed by atoms with Crippen molar-refractivity contribution in [1.29, 1.82) is 0 Å². The van der Waals surface area contributed by atoms with E-state index in [1.165, 1.54) is 0 Å². The maximum Gasteiger partial charge on any atom is 0.0735 e. The Labute approximate surface area is 114 Å². The summed E-state index contributed by atoms with van der Waals surface area (Å²) in [5.41, 5.74) is 9.27. The second-order valence-corrected chi connectivity index (χ2v) is 5.33. The molecule has 2 aromatic rings. The van der Waals surface area contributed by atoms with Crippen molar-refractivity contribution in [2.24, 2.45) is 12.8 Å². The summed E-state index contributed by atoms with van der Waals surface area (Å²) in [5.74, 6) is 0. The van der Waals surface area contributed by atoms with Gasteiger partial charge in [-0.2, -0.15) is 5.10 Å². The molecule has 1 atom stereocenters. The maximum absolute atomic E-state index is 6.25. The maximum atomic E-state index is 6.25. The van der Waals surface area contributed by atoms with E-state index in [1.54, 1.807) is 10.9 Å². The fourth-order valence-electron chi connectivity index (χ4n) is 1.87. The average molecular weight is 315 g/mol. The van der Waals surface area contributed by atoms with Gasteiger partial charge in [-0.15, -0.1) is 0 Å². The monoisotopic (exact) mass is 313 g/mol. The fourth-order valence-corrected chi connectivity index (χ4v) is 2.76. The molecule has 2 rings (SSSR count). The number of benzene rings is 1. The molecule has 1 heterocycles. The number of halogens is 2. The molecule has 5 heteroatoms. The third-order valence-corrected chi connectivity index (χ3v) is 3.48. The van der Waals surface area contributed by atoms with Crippen molar-refractivity contribution < 1.29 is 0 Å². The van der Waals surface area contributed by atoms with Crippen molar-refractivity contribution in [2.45, 2.75) is 13.0 Å². The zero-order valence-corrected chi connectivity index (χ0v) is 12.0. The van der Waals surface area contributed by atoms with Gasteiger partial charge < -0.3 is 5.73 Å². The highest BCUT2D eigenvalue weighted by Gasteiger charge is 2.17. The van der Waals surface area contributed by atoms with E-state index in [0.29, 0.717) is 5.02 Å². The standard InChI is InChI=1S/C12H13BrClN3/c1-7-3-8(5-9(14)4-7)11(15)12-10(13)6-16-17(12)2/h3-6,11H,15H2,1-2H3. The van der Waals surface area contributed by atoms with Gasteiger partial charge in [-0.05, 0) is 46.1 Å². The van der Waals surface area contributed by atoms with Crippen LogP contribution < -0.4 is 5.73 Å². The fraction of sp³-hybridized carbons (Fsp3) is 0.250. The highest BCUT2D eigenvalue weighted by atomic mass is 79.9. The quantitative estimate of drug-likeness (QED) is 0.925. The van der Waals surface area contributed by atoms with Crippen molar-refractivity contribution in [3.63, 3.8) is 0 Å². The molecule has 0 saturated carbocycles. The van der Waals surface area contributed by atoms with Crippen LogP contribution in [0.15, 0.2) is 28.9 Å². The molecule has 1 aromatic carbocycles. The predicted molar refractivity (Wildman–Crippen MR) is 73.1 cm³/mol. The molecule has 0 fully saturated rings. The molecule has 0 aliphatic rings. The van der Waals surface area contributed by atoms with Crippen LogP contribution >= 0.6 is 27.5 Å². The zero-order valence-electron chi connectivity index (χ0n) is 9.61. The summed E-state index contributed by atoms with van der Waals surface area (Å²) in [7, 11) is 1.87. The zero-order chi connectivity index (χ0) is 12.6. The van der Waals surface area contributed by atoms with E-state index in [9.17, 15) is 0 Å². The Bertz CT molecular complexity index is 511. The van der Waals surface area contributed by atoms with Crippen molar-refractivity contribution in [3.8, 4) is 0 Å². The second kappa shape index (κ2) is 4.80. The van der Waals surface area contributed by atoms with Gasteiger partial charge in [0.1, 0.15) is 0 Å². The summed E-state index contributed by atoms with van der Waals surface area (Å²) >= 11 is 9.50. The first kappa shape index (κ1) is 12.6. The van der Waals surface area contributed by atoms with Crippen LogP contribution in [0.1, 0.15) is 22.9 Å². The smallest absolute Gasteiger partial charge is 0.0735 e. The normalized spacial score (nSPS) is 12.8. The molecule has 0 saturated heterocycles. The lowest BCUT2D eigenvalue weighted by Crippen LogP contribution is -2.16. The molecular weight excluding hydrogens is 302 g/mol. The lowest BCUT2D eigenvalue weighted by atomic mass is 10.0. The van der Waals surface area contributed by atoms with Crippen LogP contribution in [0.25, 0.3) is 0 Å². The van der Waals surface area contributed by atoms with Crippen LogP contribution in [0.4, 0.5) is 0 Å². The van der Waals surface area contributed by atoms with Gasteiger partial charge in [-0.3, -0.25) is 4.68 Å². The van der Waals surface area contributed by atoms with Gasteiger partial charge in [0.25, 0.3) is 0 Å². The minimum atomic E-state index is -0.241. The summed E-state index contributed by atoms with van der Waals surface area (Å²) < 4.78 is 2.68. The van der Waals surface area contributed by atoms with Gasteiger partial charge in [0.2, 0.25) is 0 Å². The Morgan fingerprint density at radius 2 is 2.12 bits per heavy atom. The van der Waals surface area contributed by atoms with Gasteiger partial charge in [-0.1, -0.05) is 17.7 Å². The van der Waals surface area contributed by atoms with E-state index < -0.39 is 0 Å². The number of nitrogens with zero attached hydrogens (tertiary/aromatic N) is 2. The molecule has 0 aliphatic carbocycles. The van der Waals surface area contributed by atoms with Crippen LogP contribution in [-0.2, 0) is 7.05 Å². The average Bonchev–Trinajstić information content (AvgIpc) is 2.56. The molecule has 3 nitrogen and oxygen atoms in total. The summed E-state index contributed by atoms with van der Waals surface area (Å²) in [4.78, 5) is 0. The Hall–Kier alpha value is -0.840. The van der Waals surface area contributed by atoms with Gasteiger partial charge >= 0.3 is 0 Å². The second-order valence-electron chi connectivity index (χ2n) is 4.04. The van der Waals surface area contributed by atoms with Gasteiger partial charge in [-0.25, -0.2) is 0 Å². The summed E-state index contributed by atoms with van der Waals surface area (Å²) in [5, 5.41) is 4.87. The third-order valence-electron chi connectivity index (χ3n) is 2.66. The largest absolute Gasteiger partial charge is 0.319 e. The molecular formula is C12H13BrClN3. The molecule has 0 radical (unpaired) electrons. The summed E-state index contributed by atoms with van der Waals surface area (Å²) in [6.07, 6.45) is 1.74. The molecule has 0 aliphatic heterocycles. The third kappa shape index (κ3) is 2.54. The van der Waals surface area contributed by atoms with Crippen molar-refractivity contribution in [2.75, 3.05) is 0 Å². The number of nitrogens with two attached hydrogens (primary N) is 1. The SMILES string of the molecule is Cc1cc(Cl)cc(C(N)c2c(Br)cnn2C)c1. The number of rotatable bonds is 2. The molecule has 0 bridgehead atoms. The molecule has 2 N–H and O–H groups in total. The predicted octanol–water partition coefficient (Wildman–Crippen LogP) is 3.19. The first-order valence-electron chi connectivity index (χ1n) is 5.19. The van der Waals surface area contributed by atoms with E-state index in [1.807, 2.05) is 32.2 Å². The first-order chi connectivity index (χ1) is 7.99. The van der Waals surface area contributed by atoms with E-state index >= 15 is 0 Å². The van der Waals surface area contributed by atoms with Crippen LogP contribution in [0, 0.1) is 6.92 Å². The lowest BCUT2D eigenvalue weighted by Gasteiger charge is -2.14. The molecule has 1 unspecified atom stereocenters. The van der Waals surface area contributed by atoms with Crippen LogP contribution in [0.2, 0.25) is 5.02 Å². The molecule has 17 heavy (non-hydrogen) atoms. The van der Waals surface area contributed by atoms with Crippen molar-refractivity contribution in [3.05, 3.63) is 50.7 Å². The van der Waals surface area contributed by atoms with Gasteiger partial charge in [0.05, 0.1) is 22.4 Å². The molecule has 90 valence electrons. The minimum Gasteiger partial charge on any atom is -0.319 e. The summed E-state index contributed by atoms with van der Waals surface area (Å²) in [6, 6.07) is 5.60. The van der Waals surface area contributed by atoms with Gasteiger partial charge in [0.15, 0.2) is 0 Å². The number of aromatic nitrogens is 2. The highest BCUT2D eigenvalue weighted by molar-refractivity contribution is 9.10. The Morgan fingerprint density at radius 3 is 2.65 bits per heavy atom. The topological polar surface area (TPSA) is 43.8 Å². The number of aryl methyl sites for hydroxylation is 2. The lowest BCUT2D eigenvalue weighted by molar-refractivity contribution is 0.671. The first-order valence-corrected chi connectivity index (χ1v) is 6.36. The Balaban J connectivity index is 2.47. The van der Waals surface area contributed by atoms with Crippen molar-refractivity contribution in [1.82, 2.24) is 9.78 Å². The van der Waals surface area contributed by atoms with E-state index in [-0.39, 0.29) is 6.04 Å². The van der Waals surface area contributed by atoms with E-state index in [4.69, 9.17) is 17.3 Å². The Kier molecular flexibility index (Phi) is 3.56. The number of hydrogen-bond acceptors (Lipinski definition) is 2. The van der Waals surface area contributed by atoms with E-state index in [2.05, 4.69) is 21.0 Å². The van der Waals surface area contributed by atoms with Gasteiger partial charge in [0, 0.05) is 12.1 Å². The summed E-state index contributed by atoms with van der Waals surface area (Å²) in [6.45, 7) is 2.00. The van der Waals surface area contributed by atoms with Crippen LogP contribution in [-0.4, -0.2) is 9.78 Å². The van der Waals surface area contributed by atoms with Crippen LogP contribution in [0.5, 0.6) is 0 Å². The molecule has 0 amide bonds. The minimum absolute atomic E-state index is 0.241. The van der Waals surface area contributed by atoms with Crippen molar-refractivity contribution >= 4 is 27.5 Å².